The van der Waals surface area contributed by atoms with Gasteiger partial charge in [-0.2, -0.15) is 0 Å². The van der Waals surface area contributed by atoms with Crippen molar-refractivity contribution in [1.29, 1.82) is 0 Å². The van der Waals surface area contributed by atoms with Crippen LogP contribution in [-0.4, -0.2) is 10.0 Å². The van der Waals surface area contributed by atoms with Gasteiger partial charge in [-0.15, -0.1) is 0 Å². The van der Waals surface area contributed by atoms with Gasteiger partial charge in [-0.05, 0) is 13.0 Å². The molecule has 0 amide bonds. The third kappa shape index (κ3) is 1.86. The Kier molecular flexibility index (Phi) is 2.67. The molecule has 0 atom stereocenters. The Bertz CT molecular complexity index is 813. The average Bonchev–Trinajstić information content (AvgIpc) is 2.86. The van der Waals surface area contributed by atoms with Crippen LogP contribution in [0.25, 0.3) is 10.9 Å². The number of aliphatic imine (C=N–C) groups is 1. The van der Waals surface area contributed by atoms with E-state index in [2.05, 4.69) is 60.4 Å². The standard InChI is InChI=1S/C17H14N2S/c1-11-6-8-12(9-7-11)17-19-16-13-4-2-3-5-14(13)18-15(16)10-20-17/h2-9,18H,10H2,1H3. The number of nitrogens with one attached hydrogen (secondary N) is 1. The van der Waals surface area contributed by atoms with Crippen LogP contribution in [0.5, 0.6) is 0 Å². The normalized spacial score (nSPS) is 14.2. The summed E-state index contributed by atoms with van der Waals surface area (Å²) >= 11 is 1.80. The fourth-order valence-electron chi connectivity index (χ4n) is 2.53. The summed E-state index contributed by atoms with van der Waals surface area (Å²) in [7, 11) is 0. The molecule has 0 saturated heterocycles. The second-order valence-electron chi connectivity index (χ2n) is 5.07. The van der Waals surface area contributed by atoms with Crippen molar-refractivity contribution < 1.29 is 0 Å². The van der Waals surface area contributed by atoms with E-state index in [1.165, 1.54) is 27.7 Å². The van der Waals surface area contributed by atoms with Crippen LogP contribution in [0.1, 0.15) is 16.8 Å². The van der Waals surface area contributed by atoms with E-state index in [0.717, 1.165) is 16.5 Å². The number of aromatic nitrogens is 1. The Morgan fingerprint density at radius 1 is 1.05 bits per heavy atom. The molecule has 0 spiro atoms. The van der Waals surface area contributed by atoms with Crippen LogP contribution in [0, 0.1) is 6.92 Å². The highest BCUT2D eigenvalue weighted by molar-refractivity contribution is 8.13. The average molecular weight is 278 g/mol. The summed E-state index contributed by atoms with van der Waals surface area (Å²) in [4.78, 5) is 8.35. The molecule has 1 aliphatic rings. The number of benzene rings is 2. The number of hydrogen-bond acceptors (Lipinski definition) is 2. The minimum Gasteiger partial charge on any atom is -0.356 e. The molecule has 2 nitrogen and oxygen atoms in total. The highest BCUT2D eigenvalue weighted by atomic mass is 32.2. The summed E-state index contributed by atoms with van der Waals surface area (Å²) in [5.74, 6) is 0.955. The number of nitrogens with zero attached hydrogens (tertiary/aromatic N) is 1. The van der Waals surface area contributed by atoms with Gasteiger partial charge in [0.15, 0.2) is 0 Å². The molecule has 20 heavy (non-hydrogen) atoms. The van der Waals surface area contributed by atoms with Crippen LogP contribution in [0.2, 0.25) is 0 Å². The summed E-state index contributed by atoms with van der Waals surface area (Å²) in [5, 5.41) is 2.33. The molecule has 98 valence electrons. The van der Waals surface area contributed by atoms with Crippen LogP contribution in [-0.2, 0) is 5.75 Å². The predicted molar refractivity (Wildman–Crippen MR) is 87.0 cm³/mol. The third-order valence-electron chi connectivity index (χ3n) is 3.62. The zero-order valence-electron chi connectivity index (χ0n) is 11.2. The number of aromatic amines is 1. The van der Waals surface area contributed by atoms with E-state index in [-0.39, 0.29) is 0 Å². The summed E-state index contributed by atoms with van der Waals surface area (Å²) < 4.78 is 0. The van der Waals surface area contributed by atoms with Crippen molar-refractivity contribution >= 4 is 33.4 Å². The maximum atomic E-state index is 4.88. The number of aryl methyl sites for hydroxylation is 1. The highest BCUT2D eigenvalue weighted by Crippen LogP contribution is 2.38. The lowest BCUT2D eigenvalue weighted by molar-refractivity contribution is 1.25. The minimum absolute atomic E-state index is 0.955. The largest absolute Gasteiger partial charge is 0.356 e. The third-order valence-corrected chi connectivity index (χ3v) is 4.65. The van der Waals surface area contributed by atoms with Crippen molar-refractivity contribution in [2.75, 3.05) is 0 Å². The van der Waals surface area contributed by atoms with Gasteiger partial charge in [-0.25, -0.2) is 4.99 Å². The Morgan fingerprint density at radius 3 is 2.70 bits per heavy atom. The Labute approximate surface area is 121 Å². The van der Waals surface area contributed by atoms with Gasteiger partial charge in [0.1, 0.15) is 5.04 Å². The molecule has 0 fully saturated rings. The molecule has 2 heterocycles. The molecule has 0 bridgehead atoms. The van der Waals surface area contributed by atoms with E-state index < -0.39 is 0 Å². The van der Waals surface area contributed by atoms with Gasteiger partial charge in [-0.3, -0.25) is 0 Å². The molecular formula is C17H14N2S. The van der Waals surface area contributed by atoms with E-state index in [4.69, 9.17) is 4.99 Å². The van der Waals surface area contributed by atoms with Crippen LogP contribution < -0.4 is 0 Å². The van der Waals surface area contributed by atoms with Gasteiger partial charge in [-0.1, -0.05) is 59.8 Å². The molecule has 1 aliphatic heterocycles. The molecule has 0 aliphatic carbocycles. The number of H-pyrrole nitrogens is 1. The van der Waals surface area contributed by atoms with Gasteiger partial charge in [0.2, 0.25) is 0 Å². The van der Waals surface area contributed by atoms with Crippen LogP contribution >= 0.6 is 11.8 Å². The van der Waals surface area contributed by atoms with Gasteiger partial charge >= 0.3 is 0 Å². The van der Waals surface area contributed by atoms with E-state index in [1.54, 1.807) is 11.8 Å². The zero-order valence-corrected chi connectivity index (χ0v) is 12.0. The van der Waals surface area contributed by atoms with E-state index in [1.807, 2.05) is 0 Å². The lowest BCUT2D eigenvalue weighted by atomic mass is 10.1. The SMILES string of the molecule is Cc1ccc(C2=Nc3c([nH]c4ccccc34)CS2)cc1. The highest BCUT2D eigenvalue weighted by Gasteiger charge is 2.18. The smallest absolute Gasteiger partial charge is 0.104 e. The molecule has 1 N–H and O–H groups in total. The van der Waals surface area contributed by atoms with Crippen molar-refractivity contribution in [3.8, 4) is 0 Å². The summed E-state index contributed by atoms with van der Waals surface area (Å²) in [6.07, 6.45) is 0. The molecule has 0 unspecified atom stereocenters. The van der Waals surface area contributed by atoms with Crippen molar-refractivity contribution in [2.45, 2.75) is 12.7 Å². The number of rotatable bonds is 1. The molecule has 0 saturated carbocycles. The van der Waals surface area contributed by atoms with E-state index >= 15 is 0 Å². The Hall–Kier alpha value is -2.00. The summed E-state index contributed by atoms with van der Waals surface area (Å²) in [6.45, 7) is 2.11. The van der Waals surface area contributed by atoms with E-state index in [9.17, 15) is 0 Å². The van der Waals surface area contributed by atoms with Crippen LogP contribution in [0.4, 0.5) is 5.69 Å². The number of thioether (sulfide) groups is 1. The quantitative estimate of drug-likeness (QED) is 0.680. The van der Waals surface area contributed by atoms with Crippen molar-refractivity contribution in [3.05, 3.63) is 65.4 Å². The first kappa shape index (κ1) is 11.8. The molecule has 3 heteroatoms. The van der Waals surface area contributed by atoms with E-state index in [0.29, 0.717) is 0 Å². The molecule has 2 aromatic carbocycles. The lowest BCUT2D eigenvalue weighted by Crippen LogP contribution is -2.00. The van der Waals surface area contributed by atoms with Gasteiger partial charge in [0.25, 0.3) is 0 Å². The Morgan fingerprint density at radius 2 is 1.85 bits per heavy atom. The van der Waals surface area contributed by atoms with Crippen LogP contribution in [0.3, 0.4) is 0 Å². The topological polar surface area (TPSA) is 28.1 Å². The van der Waals surface area contributed by atoms with Crippen molar-refractivity contribution in [2.24, 2.45) is 4.99 Å². The predicted octanol–water partition coefficient (Wildman–Crippen LogP) is 4.80. The van der Waals surface area contributed by atoms with Gasteiger partial charge in [0, 0.05) is 22.2 Å². The first-order chi connectivity index (χ1) is 9.81. The Balaban J connectivity index is 1.86. The molecule has 3 aromatic rings. The van der Waals surface area contributed by atoms with Gasteiger partial charge < -0.3 is 4.98 Å². The fraction of sp³-hybridized carbons (Fsp3) is 0.118. The maximum Gasteiger partial charge on any atom is 0.104 e. The monoisotopic (exact) mass is 278 g/mol. The second kappa shape index (κ2) is 4.53. The summed E-state index contributed by atoms with van der Waals surface area (Å²) in [6, 6.07) is 17.0. The number of para-hydroxylation sites is 1. The first-order valence-corrected chi connectivity index (χ1v) is 7.68. The minimum atomic E-state index is 0.955. The number of hydrogen-bond donors (Lipinski definition) is 1. The number of fused-ring (bicyclic) bond motifs is 3. The molecule has 0 radical (unpaired) electrons. The molecule has 4 rings (SSSR count). The lowest BCUT2D eigenvalue weighted by Gasteiger charge is -2.12. The van der Waals surface area contributed by atoms with Crippen molar-refractivity contribution in [1.82, 2.24) is 4.98 Å². The van der Waals surface area contributed by atoms with Crippen LogP contribution in [0.15, 0.2) is 53.5 Å². The molecule has 1 aromatic heterocycles. The zero-order chi connectivity index (χ0) is 13.5. The van der Waals surface area contributed by atoms with Crippen molar-refractivity contribution in [3.63, 3.8) is 0 Å². The second-order valence-corrected chi connectivity index (χ2v) is 6.03. The van der Waals surface area contributed by atoms with Gasteiger partial charge in [0.05, 0.1) is 11.4 Å². The molecular weight excluding hydrogens is 264 g/mol. The maximum absolute atomic E-state index is 4.88. The fourth-order valence-corrected chi connectivity index (χ4v) is 3.48. The first-order valence-electron chi connectivity index (χ1n) is 6.69. The summed E-state index contributed by atoms with van der Waals surface area (Å²) in [5.41, 5.74) is 5.99.